The van der Waals surface area contributed by atoms with Crippen LogP contribution in [0.4, 0.5) is 5.69 Å². The van der Waals surface area contributed by atoms with Gasteiger partial charge in [-0.3, -0.25) is 14.5 Å². The average Bonchev–Trinajstić information content (AvgIpc) is 2.63. The Morgan fingerprint density at radius 2 is 1.80 bits per heavy atom. The van der Waals surface area contributed by atoms with Crippen LogP contribution in [0.2, 0.25) is 0 Å². The van der Waals surface area contributed by atoms with Gasteiger partial charge in [-0.05, 0) is 31.0 Å². The van der Waals surface area contributed by atoms with Crippen molar-refractivity contribution in [2.45, 2.75) is 26.2 Å². The number of ether oxygens (including phenoxy) is 1. The van der Waals surface area contributed by atoms with E-state index in [0.29, 0.717) is 24.3 Å². The van der Waals surface area contributed by atoms with Gasteiger partial charge in [-0.2, -0.15) is 0 Å². The fourth-order valence-electron chi connectivity index (χ4n) is 3.26. The van der Waals surface area contributed by atoms with Gasteiger partial charge in [-0.1, -0.05) is 25.5 Å². The van der Waals surface area contributed by atoms with Crippen molar-refractivity contribution in [3.63, 3.8) is 0 Å². The Labute approximate surface area is 148 Å². The molecular weight excluding hydrogens is 316 g/mol. The van der Waals surface area contributed by atoms with Crippen LogP contribution in [-0.4, -0.2) is 43.5 Å². The number of carbonyl (C=O) groups is 2. The van der Waals surface area contributed by atoms with Gasteiger partial charge in [0.1, 0.15) is 0 Å². The number of amides is 2. The summed E-state index contributed by atoms with van der Waals surface area (Å²) in [6.07, 6.45) is 2.66. The summed E-state index contributed by atoms with van der Waals surface area (Å²) in [6.45, 7) is 3.99. The second-order valence-corrected chi connectivity index (χ2v) is 6.28. The van der Waals surface area contributed by atoms with E-state index in [1.54, 1.807) is 7.11 Å². The van der Waals surface area contributed by atoms with Gasteiger partial charge in [0.2, 0.25) is 0 Å². The summed E-state index contributed by atoms with van der Waals surface area (Å²) >= 11 is 0. The molecule has 0 fully saturated rings. The minimum absolute atomic E-state index is 0.187. The molecule has 25 heavy (non-hydrogen) atoms. The minimum atomic E-state index is -0.187. The molecule has 0 saturated heterocycles. The van der Waals surface area contributed by atoms with Crippen molar-refractivity contribution in [3.8, 4) is 0 Å². The van der Waals surface area contributed by atoms with Crippen LogP contribution in [0.25, 0.3) is 10.8 Å². The van der Waals surface area contributed by atoms with Crippen LogP contribution in [0.5, 0.6) is 0 Å². The lowest BCUT2D eigenvalue weighted by atomic mass is 9.93. The third-order valence-electron chi connectivity index (χ3n) is 4.57. The Morgan fingerprint density at radius 1 is 1.04 bits per heavy atom. The smallest absolute Gasteiger partial charge is 0.261 e. The monoisotopic (exact) mass is 340 g/mol. The van der Waals surface area contributed by atoms with Crippen LogP contribution < -0.4 is 5.32 Å². The highest BCUT2D eigenvalue weighted by atomic mass is 16.5. The van der Waals surface area contributed by atoms with Crippen LogP contribution in [0.15, 0.2) is 30.3 Å². The number of imide groups is 1. The van der Waals surface area contributed by atoms with E-state index in [1.165, 1.54) is 4.90 Å². The van der Waals surface area contributed by atoms with Gasteiger partial charge in [0.15, 0.2) is 0 Å². The first-order valence-electron chi connectivity index (χ1n) is 8.83. The Balaban J connectivity index is 1.99. The lowest BCUT2D eigenvalue weighted by Crippen LogP contribution is -2.40. The number of methoxy groups -OCH3 is 1. The standard InChI is InChI=1S/C20H24N2O3/c1-3-4-12-22-19(23)15-8-5-7-14-17(21-11-6-13-25-2)10-9-16(18(14)15)20(22)24/h5,7-10,21H,3-4,6,11-13H2,1-2H3. The summed E-state index contributed by atoms with van der Waals surface area (Å²) in [5, 5.41) is 5.07. The molecule has 3 rings (SSSR count). The topological polar surface area (TPSA) is 58.6 Å². The maximum atomic E-state index is 12.8. The van der Waals surface area contributed by atoms with Crippen molar-refractivity contribution >= 4 is 28.3 Å². The highest BCUT2D eigenvalue weighted by Gasteiger charge is 2.32. The predicted molar refractivity (Wildman–Crippen MR) is 99.2 cm³/mol. The zero-order valence-electron chi connectivity index (χ0n) is 14.8. The summed E-state index contributed by atoms with van der Waals surface area (Å²) in [6, 6.07) is 9.42. The molecule has 5 nitrogen and oxygen atoms in total. The number of anilines is 1. The van der Waals surface area contributed by atoms with Gasteiger partial charge in [0, 0.05) is 54.4 Å². The number of hydrogen-bond donors (Lipinski definition) is 1. The maximum absolute atomic E-state index is 12.8. The molecule has 1 aliphatic heterocycles. The van der Waals surface area contributed by atoms with Crippen LogP contribution in [-0.2, 0) is 4.74 Å². The molecule has 2 aromatic carbocycles. The summed E-state index contributed by atoms with van der Waals surface area (Å²) in [5.41, 5.74) is 2.17. The minimum Gasteiger partial charge on any atom is -0.385 e. The molecule has 0 atom stereocenters. The van der Waals surface area contributed by atoms with Crippen LogP contribution in [0.3, 0.4) is 0 Å². The lowest BCUT2D eigenvalue weighted by Gasteiger charge is -2.27. The lowest BCUT2D eigenvalue weighted by molar-refractivity contribution is 0.0608. The number of hydrogen-bond acceptors (Lipinski definition) is 4. The van der Waals surface area contributed by atoms with Gasteiger partial charge < -0.3 is 10.1 Å². The molecule has 0 unspecified atom stereocenters. The number of nitrogens with one attached hydrogen (secondary N) is 1. The van der Waals surface area contributed by atoms with Crippen molar-refractivity contribution in [1.29, 1.82) is 0 Å². The summed E-state index contributed by atoms with van der Waals surface area (Å²) in [4.78, 5) is 27.0. The van der Waals surface area contributed by atoms with E-state index in [0.717, 1.165) is 42.3 Å². The first-order chi connectivity index (χ1) is 12.2. The van der Waals surface area contributed by atoms with Gasteiger partial charge in [0.25, 0.3) is 11.8 Å². The number of carbonyl (C=O) groups excluding carboxylic acids is 2. The molecule has 0 spiro atoms. The van der Waals surface area contributed by atoms with E-state index < -0.39 is 0 Å². The van der Waals surface area contributed by atoms with Crippen molar-refractivity contribution in [1.82, 2.24) is 4.90 Å². The van der Waals surface area contributed by atoms with Gasteiger partial charge in [-0.25, -0.2) is 0 Å². The van der Waals surface area contributed by atoms with E-state index in [4.69, 9.17) is 4.74 Å². The van der Waals surface area contributed by atoms with Crippen LogP contribution >= 0.6 is 0 Å². The SMILES string of the molecule is CCCCN1C(=O)c2cccc3c(NCCCOC)ccc(c23)C1=O. The zero-order chi connectivity index (χ0) is 17.8. The molecule has 1 aliphatic rings. The molecule has 1 N–H and O–H groups in total. The average molecular weight is 340 g/mol. The number of nitrogens with zero attached hydrogens (tertiary/aromatic N) is 1. The van der Waals surface area contributed by atoms with Crippen LogP contribution in [0, 0.1) is 0 Å². The molecule has 0 saturated carbocycles. The Morgan fingerprint density at radius 3 is 2.52 bits per heavy atom. The maximum Gasteiger partial charge on any atom is 0.261 e. The van der Waals surface area contributed by atoms with E-state index >= 15 is 0 Å². The number of rotatable bonds is 8. The van der Waals surface area contributed by atoms with Gasteiger partial charge in [0.05, 0.1) is 0 Å². The highest BCUT2D eigenvalue weighted by molar-refractivity contribution is 6.26. The van der Waals surface area contributed by atoms with Gasteiger partial charge >= 0.3 is 0 Å². The van der Waals surface area contributed by atoms with E-state index in [1.807, 2.05) is 30.3 Å². The van der Waals surface area contributed by atoms with Crippen molar-refractivity contribution in [3.05, 3.63) is 41.5 Å². The van der Waals surface area contributed by atoms with Crippen molar-refractivity contribution in [2.75, 3.05) is 32.1 Å². The molecule has 2 amide bonds. The fourth-order valence-corrected chi connectivity index (χ4v) is 3.26. The van der Waals surface area contributed by atoms with Crippen molar-refractivity contribution in [2.24, 2.45) is 0 Å². The second kappa shape index (κ2) is 7.66. The largest absolute Gasteiger partial charge is 0.385 e. The van der Waals surface area contributed by atoms with E-state index in [9.17, 15) is 9.59 Å². The molecule has 5 heteroatoms. The van der Waals surface area contributed by atoms with E-state index in [2.05, 4.69) is 12.2 Å². The molecule has 132 valence electrons. The first kappa shape index (κ1) is 17.4. The molecule has 0 aromatic heterocycles. The second-order valence-electron chi connectivity index (χ2n) is 6.28. The molecule has 2 aromatic rings. The van der Waals surface area contributed by atoms with E-state index in [-0.39, 0.29) is 11.8 Å². The molecule has 0 radical (unpaired) electrons. The summed E-state index contributed by atoms with van der Waals surface area (Å²) in [7, 11) is 1.68. The zero-order valence-corrected chi connectivity index (χ0v) is 14.8. The molecular formula is C20H24N2O3. The Kier molecular flexibility index (Phi) is 5.34. The normalized spacial score (nSPS) is 13.6. The summed E-state index contributed by atoms with van der Waals surface area (Å²) in [5.74, 6) is -0.374. The Hall–Kier alpha value is -2.40. The summed E-state index contributed by atoms with van der Waals surface area (Å²) < 4.78 is 5.07. The Bertz CT molecular complexity index is 779. The first-order valence-corrected chi connectivity index (χ1v) is 8.83. The molecule has 1 heterocycles. The van der Waals surface area contributed by atoms with Gasteiger partial charge in [-0.15, -0.1) is 0 Å². The number of benzene rings is 2. The highest BCUT2D eigenvalue weighted by Crippen LogP contribution is 2.34. The third kappa shape index (κ3) is 3.24. The predicted octanol–water partition coefficient (Wildman–Crippen LogP) is 3.68. The van der Waals surface area contributed by atoms with Crippen molar-refractivity contribution < 1.29 is 14.3 Å². The molecule has 0 bridgehead atoms. The third-order valence-corrected chi connectivity index (χ3v) is 4.57. The number of unbranched alkanes of at least 4 members (excludes halogenated alkanes) is 1. The quantitative estimate of drug-likeness (QED) is 0.588. The van der Waals surface area contributed by atoms with Crippen LogP contribution in [0.1, 0.15) is 46.9 Å². The molecule has 0 aliphatic carbocycles. The fraction of sp³-hybridized carbons (Fsp3) is 0.400.